The van der Waals surface area contributed by atoms with Crippen molar-refractivity contribution < 1.29 is 18.7 Å². The number of halogens is 1. The van der Waals surface area contributed by atoms with Crippen molar-refractivity contribution in [2.75, 3.05) is 5.32 Å². The van der Waals surface area contributed by atoms with Gasteiger partial charge in [0.05, 0.1) is 5.56 Å². The molecule has 2 N–H and O–H groups in total. The van der Waals surface area contributed by atoms with Gasteiger partial charge in [0.25, 0.3) is 5.91 Å². The summed E-state index contributed by atoms with van der Waals surface area (Å²) in [5.74, 6) is -1.52. The number of carbonyl (C=O) groups is 1. The predicted octanol–water partition coefficient (Wildman–Crippen LogP) is 4.43. The van der Waals surface area contributed by atoms with Crippen LogP contribution in [-0.2, 0) is 0 Å². The number of phenolic OH excluding ortho intramolecular Hbond substituents is 1. The highest BCUT2D eigenvalue weighted by atomic mass is 19.1. The number of anilines is 1. The molecule has 0 unspecified atom stereocenters. The maximum absolute atomic E-state index is 13.9. The molecule has 7 heteroatoms. The molecule has 0 bridgehead atoms. The number of rotatable bonds is 3. The summed E-state index contributed by atoms with van der Waals surface area (Å²) in [6.07, 6.45) is 0. The average Bonchev–Trinajstić information content (AvgIpc) is 2.74. The van der Waals surface area contributed by atoms with Crippen molar-refractivity contribution in [3.8, 4) is 22.9 Å². The fraction of sp³-hybridized carbons (Fsp3) is 0. The minimum atomic E-state index is -0.883. The number of amides is 1. The van der Waals surface area contributed by atoms with Crippen LogP contribution in [0.1, 0.15) is 15.9 Å². The lowest BCUT2D eigenvalue weighted by atomic mass is 10.0. The lowest BCUT2D eigenvalue weighted by Crippen LogP contribution is -2.20. The molecule has 1 heterocycles. The van der Waals surface area contributed by atoms with Crippen LogP contribution in [0.2, 0.25) is 0 Å². The number of nitrogens with one attached hydrogen (secondary N) is 1. The summed E-state index contributed by atoms with van der Waals surface area (Å²) < 4.78 is 19.0. The first-order chi connectivity index (χ1) is 14.5. The summed E-state index contributed by atoms with van der Waals surface area (Å²) >= 11 is 0. The van der Waals surface area contributed by atoms with Crippen molar-refractivity contribution in [1.82, 2.24) is 0 Å². The van der Waals surface area contributed by atoms with Gasteiger partial charge in [-0.05, 0) is 47.5 Å². The Labute approximate surface area is 169 Å². The number of hydrogen-bond acceptors (Lipinski definition) is 5. The maximum Gasteiger partial charge on any atom is 0.349 e. The smallest absolute Gasteiger partial charge is 0.349 e. The molecule has 1 aromatic heterocycles. The van der Waals surface area contributed by atoms with E-state index in [0.717, 1.165) is 0 Å². The molecule has 0 fully saturated rings. The second-order valence-electron chi connectivity index (χ2n) is 6.48. The van der Waals surface area contributed by atoms with Crippen molar-refractivity contribution in [3.05, 3.63) is 94.1 Å². The van der Waals surface area contributed by atoms with Crippen molar-refractivity contribution in [2.45, 2.75) is 0 Å². The SMILES string of the molecule is N#Cc1ccc(-c2cccc(NC(=O)c3cc4cccc(O)c4oc3=O)c2)cc1F. The number of fused-ring (bicyclic) bond motifs is 1. The third-order valence-electron chi connectivity index (χ3n) is 4.53. The van der Waals surface area contributed by atoms with Gasteiger partial charge in [0.2, 0.25) is 0 Å². The van der Waals surface area contributed by atoms with E-state index in [-0.39, 0.29) is 22.5 Å². The second kappa shape index (κ2) is 7.53. The molecule has 6 nitrogen and oxygen atoms in total. The van der Waals surface area contributed by atoms with Gasteiger partial charge in [-0.1, -0.05) is 30.3 Å². The monoisotopic (exact) mass is 400 g/mol. The number of benzene rings is 3. The molecule has 4 rings (SSSR count). The van der Waals surface area contributed by atoms with Crippen LogP contribution in [0.4, 0.5) is 10.1 Å². The van der Waals surface area contributed by atoms with Crippen LogP contribution >= 0.6 is 0 Å². The van der Waals surface area contributed by atoms with E-state index in [2.05, 4.69) is 5.32 Å². The highest BCUT2D eigenvalue weighted by Crippen LogP contribution is 2.26. The molecule has 146 valence electrons. The average molecular weight is 400 g/mol. The van der Waals surface area contributed by atoms with Gasteiger partial charge in [-0.3, -0.25) is 4.79 Å². The highest BCUT2D eigenvalue weighted by molar-refractivity contribution is 6.05. The molecule has 0 atom stereocenters. The summed E-state index contributed by atoms with van der Waals surface area (Å²) in [5, 5.41) is 21.6. The highest BCUT2D eigenvalue weighted by Gasteiger charge is 2.16. The number of phenols is 1. The number of nitrogens with zero attached hydrogens (tertiary/aromatic N) is 1. The molecule has 1 amide bonds. The zero-order valence-electron chi connectivity index (χ0n) is 15.3. The van der Waals surface area contributed by atoms with Gasteiger partial charge in [0, 0.05) is 11.1 Å². The molecule has 0 radical (unpaired) electrons. The third-order valence-corrected chi connectivity index (χ3v) is 4.53. The van der Waals surface area contributed by atoms with E-state index in [9.17, 15) is 19.1 Å². The molecule has 30 heavy (non-hydrogen) atoms. The second-order valence-corrected chi connectivity index (χ2v) is 6.48. The summed E-state index contributed by atoms with van der Waals surface area (Å²) in [7, 11) is 0. The fourth-order valence-corrected chi connectivity index (χ4v) is 3.05. The normalized spacial score (nSPS) is 10.5. The molecule has 0 saturated heterocycles. The first-order valence-corrected chi connectivity index (χ1v) is 8.83. The number of hydrogen-bond donors (Lipinski definition) is 2. The van der Waals surface area contributed by atoms with Crippen LogP contribution in [0.15, 0.2) is 75.9 Å². The molecule has 0 aliphatic carbocycles. The molecule has 0 aliphatic rings. The van der Waals surface area contributed by atoms with Crippen LogP contribution < -0.4 is 10.9 Å². The van der Waals surface area contributed by atoms with Gasteiger partial charge in [-0.2, -0.15) is 5.26 Å². The Balaban J connectivity index is 1.65. The fourth-order valence-electron chi connectivity index (χ4n) is 3.05. The molecule has 0 aliphatic heterocycles. The Hall–Kier alpha value is -4.44. The topological polar surface area (TPSA) is 103 Å². The van der Waals surface area contributed by atoms with Crippen LogP contribution in [-0.4, -0.2) is 11.0 Å². The summed E-state index contributed by atoms with van der Waals surface area (Å²) in [6.45, 7) is 0. The first-order valence-electron chi connectivity index (χ1n) is 8.83. The molecular weight excluding hydrogens is 387 g/mol. The van der Waals surface area contributed by atoms with E-state index in [0.29, 0.717) is 22.2 Å². The van der Waals surface area contributed by atoms with Crippen molar-refractivity contribution in [2.24, 2.45) is 0 Å². The number of aromatic hydroxyl groups is 1. The van der Waals surface area contributed by atoms with Crippen LogP contribution in [0, 0.1) is 17.1 Å². The van der Waals surface area contributed by atoms with Crippen molar-refractivity contribution in [3.63, 3.8) is 0 Å². The minimum absolute atomic E-state index is 0.00360. The van der Waals surface area contributed by atoms with E-state index >= 15 is 0 Å². The first kappa shape index (κ1) is 18.9. The standard InChI is InChI=1S/C23H13FN2O4/c24-19-11-14(7-8-16(19)12-25)13-3-1-5-17(9-13)26-22(28)18-10-15-4-2-6-20(27)21(15)30-23(18)29/h1-11,27H,(H,26,28). The van der Waals surface area contributed by atoms with Gasteiger partial charge in [0.15, 0.2) is 11.3 Å². The van der Waals surface area contributed by atoms with Gasteiger partial charge in [-0.25, -0.2) is 9.18 Å². The summed E-state index contributed by atoms with van der Waals surface area (Å²) in [6, 6.07) is 18.5. The number of carbonyl (C=O) groups excluding carboxylic acids is 1. The Morgan fingerprint density at radius 1 is 1.03 bits per heavy atom. The van der Waals surface area contributed by atoms with Crippen LogP contribution in [0.25, 0.3) is 22.1 Å². The molecule has 3 aromatic carbocycles. The molecule has 4 aromatic rings. The Bertz CT molecular complexity index is 1400. The number of nitriles is 1. The molecule has 0 saturated carbocycles. The summed E-state index contributed by atoms with van der Waals surface area (Å²) in [5.41, 5.74) is 0.378. The minimum Gasteiger partial charge on any atom is -0.504 e. The Morgan fingerprint density at radius 2 is 1.80 bits per heavy atom. The third kappa shape index (κ3) is 3.50. The van der Waals surface area contributed by atoms with Gasteiger partial charge in [0.1, 0.15) is 17.4 Å². The van der Waals surface area contributed by atoms with Crippen molar-refractivity contribution >= 4 is 22.6 Å². The largest absolute Gasteiger partial charge is 0.504 e. The summed E-state index contributed by atoms with van der Waals surface area (Å²) in [4.78, 5) is 24.8. The molecule has 0 spiro atoms. The van der Waals surface area contributed by atoms with Crippen LogP contribution in [0.3, 0.4) is 0 Å². The van der Waals surface area contributed by atoms with Crippen molar-refractivity contribution in [1.29, 1.82) is 5.26 Å². The van der Waals surface area contributed by atoms with E-state index in [4.69, 9.17) is 9.68 Å². The Kier molecular flexibility index (Phi) is 4.74. The van der Waals surface area contributed by atoms with Crippen LogP contribution in [0.5, 0.6) is 5.75 Å². The lowest BCUT2D eigenvalue weighted by Gasteiger charge is -2.08. The van der Waals surface area contributed by atoms with Gasteiger partial charge < -0.3 is 14.8 Å². The van der Waals surface area contributed by atoms with E-state index < -0.39 is 17.3 Å². The van der Waals surface area contributed by atoms with Gasteiger partial charge >= 0.3 is 5.63 Å². The van der Waals surface area contributed by atoms with E-state index in [1.54, 1.807) is 48.5 Å². The lowest BCUT2D eigenvalue weighted by molar-refractivity contribution is 0.102. The van der Waals surface area contributed by atoms with E-state index in [1.807, 2.05) is 0 Å². The zero-order valence-corrected chi connectivity index (χ0v) is 15.3. The quantitative estimate of drug-likeness (QED) is 0.495. The predicted molar refractivity (Wildman–Crippen MR) is 109 cm³/mol. The number of para-hydroxylation sites is 1. The maximum atomic E-state index is 13.9. The Morgan fingerprint density at radius 3 is 2.57 bits per heavy atom. The molecular formula is C23H13FN2O4. The van der Waals surface area contributed by atoms with Gasteiger partial charge in [-0.15, -0.1) is 0 Å². The zero-order chi connectivity index (χ0) is 21.3. The van der Waals surface area contributed by atoms with E-state index in [1.165, 1.54) is 24.3 Å².